The number of benzene rings is 1. The number of imidazole rings is 1. The molecule has 8 heteroatoms. The van der Waals surface area contributed by atoms with Crippen LogP contribution in [0.4, 0.5) is 14.9 Å². The van der Waals surface area contributed by atoms with Gasteiger partial charge >= 0.3 is 6.09 Å². The van der Waals surface area contributed by atoms with Gasteiger partial charge in [0, 0.05) is 26.1 Å². The number of nitrogens with zero attached hydrogens (tertiary/aromatic N) is 2. The van der Waals surface area contributed by atoms with Crippen molar-refractivity contribution < 1.29 is 23.4 Å². The third-order valence-corrected chi connectivity index (χ3v) is 5.73. The predicted molar refractivity (Wildman–Crippen MR) is 113 cm³/mol. The molecule has 1 aromatic heterocycles. The van der Waals surface area contributed by atoms with Gasteiger partial charge in [-0.15, -0.1) is 0 Å². The highest BCUT2D eigenvalue weighted by atomic mass is 19.1. The molecule has 1 fully saturated rings. The van der Waals surface area contributed by atoms with E-state index in [1.165, 1.54) is 44.0 Å². The number of amides is 1. The average Bonchev–Trinajstić information content (AvgIpc) is 3.16. The van der Waals surface area contributed by atoms with Crippen molar-refractivity contribution in [2.24, 2.45) is 11.8 Å². The minimum absolute atomic E-state index is 0.234. The lowest BCUT2D eigenvalue weighted by Gasteiger charge is -2.31. The highest BCUT2D eigenvalue weighted by molar-refractivity contribution is 5.84. The molecule has 164 valence electrons. The summed E-state index contributed by atoms with van der Waals surface area (Å²) in [5.74, 6) is 0.684. The number of halogens is 1. The van der Waals surface area contributed by atoms with E-state index in [1.54, 1.807) is 18.3 Å². The fourth-order valence-corrected chi connectivity index (χ4v) is 3.90. The molecule has 0 aliphatic heterocycles. The van der Waals surface area contributed by atoms with E-state index < -0.39 is 18.2 Å². The zero-order chi connectivity index (χ0) is 21.8. The highest BCUT2D eigenvalue weighted by Crippen LogP contribution is 2.39. The standard InChI is InChI=1S/C23H26FN3O4/c1-29-22(30-2)20-12-27(14-25-20)21-9-8-18(11-19(21)24)26-23(28)31-13-15-4-3-5-16-6-7-17(16)10-15/h3,5,8-12,14,16-17,22H,4,6-7,13H2,1-2H3,(H,26,28). The zero-order valence-electron chi connectivity index (χ0n) is 17.6. The number of anilines is 1. The first-order valence-corrected chi connectivity index (χ1v) is 10.3. The van der Waals surface area contributed by atoms with Crippen molar-refractivity contribution in [2.45, 2.75) is 25.6 Å². The Labute approximate surface area is 180 Å². The van der Waals surface area contributed by atoms with Crippen LogP contribution >= 0.6 is 0 Å². The minimum Gasteiger partial charge on any atom is -0.445 e. The van der Waals surface area contributed by atoms with Gasteiger partial charge in [0.2, 0.25) is 6.29 Å². The van der Waals surface area contributed by atoms with Crippen LogP contribution in [0.1, 0.15) is 31.2 Å². The van der Waals surface area contributed by atoms with Crippen molar-refractivity contribution in [3.8, 4) is 5.69 Å². The highest BCUT2D eigenvalue weighted by Gasteiger charge is 2.28. The molecule has 0 saturated heterocycles. The number of carbonyl (C=O) groups is 1. The number of aromatic nitrogens is 2. The SMILES string of the molecule is COC(OC)c1cn(-c2ccc(NC(=O)OCC3=CC4CCC4C=CC3)cc2F)cn1. The molecule has 1 heterocycles. The Hall–Kier alpha value is -2.97. The molecule has 2 atom stereocenters. The second-order valence-electron chi connectivity index (χ2n) is 7.74. The van der Waals surface area contributed by atoms with Crippen LogP contribution in [0.25, 0.3) is 5.69 Å². The summed E-state index contributed by atoms with van der Waals surface area (Å²) in [6.07, 6.45) is 11.7. The Balaban J connectivity index is 1.35. The van der Waals surface area contributed by atoms with Crippen LogP contribution in [0.3, 0.4) is 0 Å². The normalized spacial score (nSPS) is 19.9. The monoisotopic (exact) mass is 427 g/mol. The first kappa shape index (κ1) is 21.3. The smallest absolute Gasteiger partial charge is 0.411 e. The molecule has 2 aliphatic rings. The fraction of sp³-hybridized carbons (Fsp3) is 0.391. The Kier molecular flexibility index (Phi) is 6.48. The predicted octanol–water partition coefficient (Wildman–Crippen LogP) is 4.76. The number of nitrogens with one attached hydrogen (secondary N) is 1. The van der Waals surface area contributed by atoms with Gasteiger partial charge in [-0.25, -0.2) is 14.2 Å². The van der Waals surface area contributed by atoms with Gasteiger partial charge in [-0.2, -0.15) is 0 Å². The summed E-state index contributed by atoms with van der Waals surface area (Å²) >= 11 is 0. The molecular formula is C23H26FN3O4. The van der Waals surface area contributed by atoms with Gasteiger partial charge in [-0.1, -0.05) is 18.2 Å². The summed E-state index contributed by atoms with van der Waals surface area (Å²) in [6.45, 7) is 0.234. The molecule has 2 aliphatic carbocycles. The van der Waals surface area contributed by atoms with E-state index in [4.69, 9.17) is 14.2 Å². The minimum atomic E-state index is -0.630. The molecule has 4 rings (SSSR count). The molecule has 1 aromatic carbocycles. The lowest BCUT2D eigenvalue weighted by atomic mass is 9.74. The van der Waals surface area contributed by atoms with E-state index in [2.05, 4.69) is 28.5 Å². The van der Waals surface area contributed by atoms with Crippen molar-refractivity contribution in [2.75, 3.05) is 26.1 Å². The van der Waals surface area contributed by atoms with Gasteiger partial charge in [0.25, 0.3) is 0 Å². The number of ether oxygens (including phenoxy) is 3. The lowest BCUT2D eigenvalue weighted by molar-refractivity contribution is -0.108. The third kappa shape index (κ3) is 4.86. The third-order valence-electron chi connectivity index (χ3n) is 5.73. The number of hydrogen-bond acceptors (Lipinski definition) is 5. The van der Waals surface area contributed by atoms with Crippen molar-refractivity contribution in [1.29, 1.82) is 0 Å². The first-order chi connectivity index (χ1) is 15.1. The first-order valence-electron chi connectivity index (χ1n) is 10.3. The average molecular weight is 427 g/mol. The molecule has 31 heavy (non-hydrogen) atoms. The van der Waals surface area contributed by atoms with E-state index in [0.29, 0.717) is 23.2 Å². The van der Waals surface area contributed by atoms with E-state index >= 15 is 0 Å². The summed E-state index contributed by atoms with van der Waals surface area (Å²) < 4.78 is 31.8. The number of hydrogen-bond donors (Lipinski definition) is 1. The van der Waals surface area contributed by atoms with Crippen molar-refractivity contribution in [3.63, 3.8) is 0 Å². The summed E-state index contributed by atoms with van der Waals surface area (Å²) in [5.41, 5.74) is 2.22. The maximum Gasteiger partial charge on any atom is 0.411 e. The van der Waals surface area contributed by atoms with Crippen LogP contribution in [0.5, 0.6) is 0 Å². The Morgan fingerprint density at radius 1 is 1.29 bits per heavy atom. The number of fused-ring (bicyclic) bond motifs is 1. The van der Waals surface area contributed by atoms with E-state index in [1.807, 2.05) is 0 Å². The topological polar surface area (TPSA) is 74.6 Å². The van der Waals surface area contributed by atoms with Gasteiger partial charge in [-0.05, 0) is 54.9 Å². The number of rotatable bonds is 7. The number of methoxy groups -OCH3 is 2. The van der Waals surface area contributed by atoms with E-state index in [9.17, 15) is 9.18 Å². The van der Waals surface area contributed by atoms with Crippen LogP contribution in [-0.2, 0) is 14.2 Å². The largest absolute Gasteiger partial charge is 0.445 e. The Bertz CT molecular complexity index is 996. The summed E-state index contributed by atoms with van der Waals surface area (Å²) in [4.78, 5) is 16.3. The van der Waals surface area contributed by atoms with Crippen LogP contribution in [0.15, 0.2) is 54.5 Å². The van der Waals surface area contributed by atoms with Crippen LogP contribution in [0.2, 0.25) is 0 Å². The maximum absolute atomic E-state index is 14.6. The van der Waals surface area contributed by atoms with Crippen LogP contribution in [-0.4, -0.2) is 36.5 Å². The van der Waals surface area contributed by atoms with Crippen molar-refractivity contribution in [3.05, 3.63) is 66.0 Å². The molecule has 2 unspecified atom stereocenters. The van der Waals surface area contributed by atoms with Crippen LogP contribution < -0.4 is 5.32 Å². The van der Waals surface area contributed by atoms with Crippen molar-refractivity contribution in [1.82, 2.24) is 9.55 Å². The second kappa shape index (κ2) is 9.45. The molecular weight excluding hydrogens is 401 g/mol. The van der Waals surface area contributed by atoms with Crippen LogP contribution in [0, 0.1) is 17.7 Å². The quantitative estimate of drug-likeness (QED) is 0.509. The van der Waals surface area contributed by atoms with Gasteiger partial charge in [0.1, 0.15) is 18.1 Å². The molecule has 0 radical (unpaired) electrons. The molecule has 0 spiro atoms. The van der Waals surface area contributed by atoms with Gasteiger partial charge in [0.05, 0.1) is 12.0 Å². The lowest BCUT2D eigenvalue weighted by Crippen LogP contribution is -2.22. The summed E-state index contributed by atoms with van der Waals surface area (Å²) in [7, 11) is 3.00. The second-order valence-corrected chi connectivity index (χ2v) is 7.74. The molecule has 2 aromatic rings. The summed E-state index contributed by atoms with van der Waals surface area (Å²) in [6, 6.07) is 4.41. The van der Waals surface area contributed by atoms with Gasteiger partial charge in [0.15, 0.2) is 0 Å². The summed E-state index contributed by atoms with van der Waals surface area (Å²) in [5, 5.41) is 2.58. The van der Waals surface area contributed by atoms with Crippen molar-refractivity contribution >= 4 is 11.8 Å². The van der Waals surface area contributed by atoms with Gasteiger partial charge < -0.3 is 18.8 Å². The Morgan fingerprint density at radius 2 is 2.10 bits per heavy atom. The molecule has 1 N–H and O–H groups in total. The fourth-order valence-electron chi connectivity index (χ4n) is 3.90. The zero-order valence-corrected chi connectivity index (χ0v) is 17.6. The number of allylic oxidation sites excluding steroid dienone is 3. The maximum atomic E-state index is 14.6. The molecule has 0 bridgehead atoms. The van der Waals surface area contributed by atoms with Gasteiger partial charge in [-0.3, -0.25) is 5.32 Å². The van der Waals surface area contributed by atoms with E-state index in [0.717, 1.165) is 12.0 Å². The molecule has 1 saturated carbocycles. The molecule has 7 nitrogen and oxygen atoms in total. The van der Waals surface area contributed by atoms with E-state index in [-0.39, 0.29) is 12.3 Å². The molecule has 1 amide bonds. The number of carbonyl (C=O) groups excluding carboxylic acids is 1. The Morgan fingerprint density at radius 3 is 2.81 bits per heavy atom.